The first-order valence-electron chi connectivity index (χ1n) is 6.26. The highest BCUT2D eigenvalue weighted by atomic mass is 16.1. The van der Waals surface area contributed by atoms with Crippen LogP contribution in [0, 0.1) is 11.3 Å². The lowest BCUT2D eigenvalue weighted by molar-refractivity contribution is 0.0940. The van der Waals surface area contributed by atoms with Gasteiger partial charge in [-0.1, -0.05) is 18.2 Å². The average molecular weight is 265 g/mol. The third kappa shape index (κ3) is 3.15. The lowest BCUT2D eigenvalue weighted by atomic mass is 10.1. The van der Waals surface area contributed by atoms with Crippen LogP contribution in [0.3, 0.4) is 0 Å². The van der Waals surface area contributed by atoms with Crippen molar-refractivity contribution in [1.82, 2.24) is 5.32 Å². The van der Waals surface area contributed by atoms with Gasteiger partial charge in [0.15, 0.2) is 0 Å². The van der Waals surface area contributed by atoms with E-state index in [2.05, 4.69) is 5.32 Å². The van der Waals surface area contributed by atoms with Crippen molar-refractivity contribution >= 4 is 11.6 Å². The summed E-state index contributed by atoms with van der Waals surface area (Å²) in [5.74, 6) is -0.211. The zero-order valence-electron chi connectivity index (χ0n) is 11.1. The van der Waals surface area contributed by atoms with Gasteiger partial charge in [0.25, 0.3) is 5.91 Å². The molecule has 2 rings (SSSR count). The van der Waals surface area contributed by atoms with Gasteiger partial charge in [0.1, 0.15) is 0 Å². The highest BCUT2D eigenvalue weighted by Crippen LogP contribution is 2.16. The number of anilines is 1. The SMILES string of the molecule is CC(NC(=O)c1cccc(C#N)c1)c1cccc(N)c1. The first-order chi connectivity index (χ1) is 9.60. The van der Waals surface area contributed by atoms with Crippen LogP contribution in [0.1, 0.15) is 34.5 Å². The quantitative estimate of drug-likeness (QED) is 0.837. The van der Waals surface area contributed by atoms with E-state index in [1.807, 2.05) is 31.2 Å². The van der Waals surface area contributed by atoms with Crippen LogP contribution in [0.15, 0.2) is 48.5 Å². The molecule has 0 spiro atoms. The number of rotatable bonds is 3. The Labute approximate surface area is 117 Å². The summed E-state index contributed by atoms with van der Waals surface area (Å²) in [6, 6.07) is 15.9. The van der Waals surface area contributed by atoms with Gasteiger partial charge in [-0.25, -0.2) is 0 Å². The third-order valence-corrected chi connectivity index (χ3v) is 3.01. The van der Waals surface area contributed by atoms with Crippen LogP contribution >= 0.6 is 0 Å². The molecule has 1 unspecified atom stereocenters. The van der Waals surface area contributed by atoms with Crippen molar-refractivity contribution in [2.45, 2.75) is 13.0 Å². The summed E-state index contributed by atoms with van der Waals surface area (Å²) in [6.45, 7) is 1.89. The van der Waals surface area contributed by atoms with Gasteiger partial charge in [0.05, 0.1) is 17.7 Å². The van der Waals surface area contributed by atoms with Gasteiger partial charge in [0, 0.05) is 11.3 Å². The summed E-state index contributed by atoms with van der Waals surface area (Å²) in [5, 5.41) is 11.7. The second-order valence-electron chi connectivity index (χ2n) is 4.56. The second-order valence-corrected chi connectivity index (χ2v) is 4.56. The zero-order chi connectivity index (χ0) is 14.5. The van der Waals surface area contributed by atoms with Crippen LogP contribution in [0.4, 0.5) is 5.69 Å². The van der Waals surface area contributed by atoms with Gasteiger partial charge in [-0.05, 0) is 42.8 Å². The fourth-order valence-electron chi connectivity index (χ4n) is 1.92. The first-order valence-corrected chi connectivity index (χ1v) is 6.26. The van der Waals surface area contributed by atoms with E-state index in [-0.39, 0.29) is 11.9 Å². The van der Waals surface area contributed by atoms with Crippen LogP contribution in [0.2, 0.25) is 0 Å². The van der Waals surface area contributed by atoms with Crippen LogP contribution < -0.4 is 11.1 Å². The van der Waals surface area contributed by atoms with E-state index in [9.17, 15) is 4.79 Å². The van der Waals surface area contributed by atoms with Crippen molar-refractivity contribution in [3.63, 3.8) is 0 Å². The van der Waals surface area contributed by atoms with Gasteiger partial charge in [-0.15, -0.1) is 0 Å². The normalized spacial score (nSPS) is 11.4. The molecule has 0 aliphatic heterocycles. The number of nitrogens with two attached hydrogens (primary N) is 1. The Morgan fingerprint density at radius 2 is 2.00 bits per heavy atom. The number of nitriles is 1. The molecule has 0 fully saturated rings. The summed E-state index contributed by atoms with van der Waals surface area (Å²) >= 11 is 0. The minimum absolute atomic E-state index is 0.156. The number of hydrogen-bond donors (Lipinski definition) is 2. The molecule has 0 saturated heterocycles. The van der Waals surface area contributed by atoms with E-state index in [1.54, 1.807) is 30.3 Å². The van der Waals surface area contributed by atoms with Crippen molar-refractivity contribution < 1.29 is 4.79 Å². The number of nitrogens with one attached hydrogen (secondary N) is 1. The molecular formula is C16H15N3O. The topological polar surface area (TPSA) is 78.9 Å². The maximum absolute atomic E-state index is 12.1. The fourth-order valence-corrected chi connectivity index (χ4v) is 1.92. The maximum Gasteiger partial charge on any atom is 0.251 e. The Balaban J connectivity index is 2.13. The Morgan fingerprint density at radius 1 is 1.25 bits per heavy atom. The molecule has 0 saturated carbocycles. The Morgan fingerprint density at radius 3 is 2.70 bits per heavy atom. The monoisotopic (exact) mass is 265 g/mol. The molecule has 0 heterocycles. The van der Waals surface area contributed by atoms with E-state index >= 15 is 0 Å². The Bertz CT molecular complexity index is 673. The fraction of sp³-hybridized carbons (Fsp3) is 0.125. The van der Waals surface area contributed by atoms with E-state index in [4.69, 9.17) is 11.0 Å². The number of hydrogen-bond acceptors (Lipinski definition) is 3. The van der Waals surface area contributed by atoms with Crippen molar-refractivity contribution in [3.05, 3.63) is 65.2 Å². The van der Waals surface area contributed by atoms with Crippen LogP contribution in [-0.4, -0.2) is 5.91 Å². The molecule has 2 aromatic rings. The number of amides is 1. The summed E-state index contributed by atoms with van der Waals surface area (Å²) in [6.07, 6.45) is 0. The lowest BCUT2D eigenvalue weighted by Gasteiger charge is -2.15. The molecule has 3 N–H and O–H groups in total. The van der Waals surface area contributed by atoms with Gasteiger partial charge in [0.2, 0.25) is 0 Å². The predicted molar refractivity (Wildman–Crippen MR) is 77.9 cm³/mol. The molecule has 0 bridgehead atoms. The van der Waals surface area contributed by atoms with Gasteiger partial charge >= 0.3 is 0 Å². The molecule has 1 amide bonds. The Kier molecular flexibility index (Phi) is 4.02. The highest BCUT2D eigenvalue weighted by Gasteiger charge is 2.11. The molecule has 0 aliphatic rings. The van der Waals surface area contributed by atoms with E-state index in [0.717, 1.165) is 5.56 Å². The molecular weight excluding hydrogens is 250 g/mol. The molecule has 0 aliphatic carbocycles. The summed E-state index contributed by atoms with van der Waals surface area (Å²) < 4.78 is 0. The number of nitrogen functional groups attached to an aromatic ring is 1. The van der Waals surface area contributed by atoms with E-state index in [1.165, 1.54) is 0 Å². The van der Waals surface area contributed by atoms with Crippen LogP contribution in [0.5, 0.6) is 0 Å². The van der Waals surface area contributed by atoms with Gasteiger partial charge in [-0.2, -0.15) is 5.26 Å². The maximum atomic E-state index is 12.1. The summed E-state index contributed by atoms with van der Waals surface area (Å²) in [7, 11) is 0. The molecule has 4 nitrogen and oxygen atoms in total. The molecule has 4 heteroatoms. The van der Waals surface area contributed by atoms with Crippen LogP contribution in [-0.2, 0) is 0 Å². The van der Waals surface area contributed by atoms with Crippen molar-refractivity contribution in [2.75, 3.05) is 5.73 Å². The molecule has 0 radical (unpaired) electrons. The minimum atomic E-state index is -0.211. The zero-order valence-corrected chi connectivity index (χ0v) is 11.1. The molecule has 0 aromatic heterocycles. The summed E-state index contributed by atoms with van der Waals surface area (Å²) in [5.41, 5.74) is 8.27. The molecule has 1 atom stereocenters. The predicted octanol–water partition coefficient (Wildman–Crippen LogP) is 2.63. The number of benzene rings is 2. The lowest BCUT2D eigenvalue weighted by Crippen LogP contribution is -2.26. The highest BCUT2D eigenvalue weighted by molar-refractivity contribution is 5.94. The van der Waals surface area contributed by atoms with E-state index < -0.39 is 0 Å². The first kappa shape index (κ1) is 13.6. The van der Waals surface area contributed by atoms with Crippen molar-refractivity contribution in [1.29, 1.82) is 5.26 Å². The molecule has 100 valence electrons. The largest absolute Gasteiger partial charge is 0.399 e. The van der Waals surface area contributed by atoms with E-state index in [0.29, 0.717) is 16.8 Å². The van der Waals surface area contributed by atoms with Crippen LogP contribution in [0.25, 0.3) is 0 Å². The van der Waals surface area contributed by atoms with Gasteiger partial charge < -0.3 is 11.1 Å². The number of nitrogens with zero attached hydrogens (tertiary/aromatic N) is 1. The smallest absolute Gasteiger partial charge is 0.251 e. The Hall–Kier alpha value is -2.80. The minimum Gasteiger partial charge on any atom is -0.399 e. The number of carbonyl (C=O) groups is 1. The standard InChI is InChI=1S/C16H15N3O/c1-11(13-5-3-7-15(18)9-13)19-16(20)14-6-2-4-12(8-14)10-17/h2-9,11H,18H2,1H3,(H,19,20). The number of carbonyl (C=O) groups excluding carboxylic acids is 1. The van der Waals surface area contributed by atoms with Crippen molar-refractivity contribution in [3.8, 4) is 6.07 Å². The molecule has 20 heavy (non-hydrogen) atoms. The summed E-state index contributed by atoms with van der Waals surface area (Å²) in [4.78, 5) is 12.1. The van der Waals surface area contributed by atoms with Gasteiger partial charge in [-0.3, -0.25) is 4.79 Å². The second kappa shape index (κ2) is 5.89. The van der Waals surface area contributed by atoms with Crippen molar-refractivity contribution in [2.24, 2.45) is 0 Å². The molecule has 2 aromatic carbocycles. The average Bonchev–Trinajstić information content (AvgIpc) is 2.47. The third-order valence-electron chi connectivity index (χ3n) is 3.01.